The number of rotatable bonds is 9. The summed E-state index contributed by atoms with van der Waals surface area (Å²) in [6.45, 7) is 0.249. The Balaban J connectivity index is 1.43. The Morgan fingerprint density at radius 2 is 1.62 bits per heavy atom. The molecule has 1 aliphatic rings. The summed E-state index contributed by atoms with van der Waals surface area (Å²) in [6.07, 6.45) is 3.89. The largest absolute Gasteiger partial charge is 0.480 e. The van der Waals surface area contributed by atoms with Crippen LogP contribution in [0.15, 0.2) is 60.9 Å². The zero-order chi connectivity index (χ0) is 30.4. The lowest BCUT2D eigenvalue weighted by Crippen LogP contribution is -2.55. The average molecular weight is 613 g/mol. The fraction of sp³-hybridized carbons (Fsp3) is 0.241. The highest BCUT2D eigenvalue weighted by Gasteiger charge is 2.35. The van der Waals surface area contributed by atoms with E-state index in [0.29, 0.717) is 30.5 Å². The van der Waals surface area contributed by atoms with Gasteiger partial charge in [0.05, 0.1) is 26.7 Å². The number of amides is 3. The van der Waals surface area contributed by atoms with Gasteiger partial charge >= 0.3 is 11.9 Å². The van der Waals surface area contributed by atoms with E-state index in [9.17, 15) is 34.2 Å². The van der Waals surface area contributed by atoms with Crippen LogP contribution in [0.1, 0.15) is 55.9 Å². The number of pyridine rings is 1. The highest BCUT2D eigenvalue weighted by atomic mass is 35.5. The summed E-state index contributed by atoms with van der Waals surface area (Å²) in [7, 11) is 0. The Morgan fingerprint density at radius 3 is 2.26 bits per heavy atom. The van der Waals surface area contributed by atoms with Crippen molar-refractivity contribution in [1.82, 2.24) is 15.2 Å². The molecule has 3 amide bonds. The van der Waals surface area contributed by atoms with E-state index in [1.54, 1.807) is 42.5 Å². The van der Waals surface area contributed by atoms with Crippen molar-refractivity contribution in [3.8, 4) is 0 Å². The number of carboxylic acids is 2. The molecule has 0 saturated carbocycles. The molecule has 42 heavy (non-hydrogen) atoms. The first-order valence-electron chi connectivity index (χ1n) is 12.9. The van der Waals surface area contributed by atoms with Gasteiger partial charge in [0.25, 0.3) is 11.8 Å². The normalized spacial score (nSPS) is 15.4. The van der Waals surface area contributed by atoms with Crippen molar-refractivity contribution in [2.75, 3.05) is 11.9 Å². The number of anilines is 1. The molecule has 0 unspecified atom stereocenters. The van der Waals surface area contributed by atoms with Crippen LogP contribution in [-0.4, -0.2) is 68.4 Å². The molecule has 1 saturated heterocycles. The van der Waals surface area contributed by atoms with E-state index in [4.69, 9.17) is 23.2 Å². The van der Waals surface area contributed by atoms with Crippen LogP contribution in [0.5, 0.6) is 0 Å². The lowest BCUT2D eigenvalue weighted by Gasteiger charge is -2.35. The number of nitrogens with zero attached hydrogens (tertiary/aromatic N) is 2. The fourth-order valence-corrected chi connectivity index (χ4v) is 5.19. The minimum Gasteiger partial charge on any atom is -0.480 e. The van der Waals surface area contributed by atoms with E-state index in [1.165, 1.54) is 17.2 Å². The van der Waals surface area contributed by atoms with Gasteiger partial charge in [-0.3, -0.25) is 19.4 Å². The first kappa shape index (κ1) is 30.5. The van der Waals surface area contributed by atoms with Crippen molar-refractivity contribution in [3.05, 3.63) is 93.2 Å². The molecule has 13 heteroatoms. The maximum Gasteiger partial charge on any atom is 0.337 e. The molecule has 218 valence electrons. The van der Waals surface area contributed by atoms with Crippen molar-refractivity contribution in [3.63, 3.8) is 0 Å². The summed E-state index contributed by atoms with van der Waals surface area (Å²) in [5.74, 6) is -4.20. The Labute approximate surface area is 250 Å². The van der Waals surface area contributed by atoms with Crippen LogP contribution in [-0.2, 0) is 16.0 Å². The van der Waals surface area contributed by atoms with Gasteiger partial charge in [0, 0.05) is 31.0 Å². The minimum absolute atomic E-state index is 0.0216. The second-order valence-corrected chi connectivity index (χ2v) is 10.4. The van der Waals surface area contributed by atoms with E-state index < -0.39 is 41.7 Å². The number of piperidine rings is 1. The lowest BCUT2D eigenvalue weighted by molar-refractivity contribution is -0.142. The number of halogens is 2. The molecule has 4 N–H and O–H groups in total. The summed E-state index contributed by atoms with van der Waals surface area (Å²) in [6, 6.07) is 10.1. The maximum absolute atomic E-state index is 13.2. The van der Waals surface area contributed by atoms with Crippen molar-refractivity contribution in [2.24, 2.45) is 0 Å². The highest BCUT2D eigenvalue weighted by molar-refractivity contribution is 6.40. The van der Waals surface area contributed by atoms with Crippen LogP contribution in [0.3, 0.4) is 0 Å². The molecule has 1 fully saturated rings. The first-order chi connectivity index (χ1) is 20.0. The van der Waals surface area contributed by atoms with Gasteiger partial charge in [-0.15, -0.1) is 0 Å². The number of likely N-dealkylation sites (tertiary alicyclic amines) is 1. The number of hydrogen-bond donors (Lipinski definition) is 4. The molecule has 4 rings (SSSR count). The zero-order valence-corrected chi connectivity index (χ0v) is 23.6. The van der Waals surface area contributed by atoms with Crippen molar-refractivity contribution >= 4 is 58.5 Å². The Bertz CT molecular complexity index is 1510. The molecule has 0 bridgehead atoms. The molecule has 0 spiro atoms. The number of nitrogens with one attached hydrogen (secondary N) is 2. The summed E-state index contributed by atoms with van der Waals surface area (Å²) >= 11 is 12.2. The molecule has 2 heterocycles. The van der Waals surface area contributed by atoms with Crippen LogP contribution < -0.4 is 10.6 Å². The second-order valence-electron chi connectivity index (χ2n) is 9.63. The van der Waals surface area contributed by atoms with Crippen LogP contribution in [0, 0.1) is 0 Å². The standard InChI is InChI=1S/C29H26Cl2N4O7/c30-20-4-3-5-21(31)24(20)26(37)33-19-9-7-16(8-10-19)12-22(29(41)42)34-25(36)23-6-1-2-11-35(23)27(38)17-13-18(28(39)40)15-32-14-17/h3-5,7-10,13-15,22-23H,1-2,6,11-12H2,(H,33,37)(H,34,36)(H,39,40)(H,41,42)/t22-,23-/m0/s1. The van der Waals surface area contributed by atoms with Crippen molar-refractivity contribution < 1.29 is 34.2 Å². The van der Waals surface area contributed by atoms with E-state index in [-0.39, 0.29) is 39.7 Å². The van der Waals surface area contributed by atoms with Gasteiger partial charge in [-0.05, 0) is 55.2 Å². The van der Waals surface area contributed by atoms with Crippen molar-refractivity contribution in [2.45, 2.75) is 37.8 Å². The van der Waals surface area contributed by atoms with Crippen LogP contribution in [0.2, 0.25) is 10.0 Å². The molecule has 2 aromatic carbocycles. The quantitative estimate of drug-likeness (QED) is 0.280. The van der Waals surface area contributed by atoms with Gasteiger partial charge in [0.2, 0.25) is 5.91 Å². The van der Waals surface area contributed by atoms with Gasteiger partial charge in [-0.1, -0.05) is 41.4 Å². The molecule has 2 atom stereocenters. The number of aliphatic carboxylic acids is 1. The second kappa shape index (κ2) is 13.5. The molecule has 11 nitrogen and oxygen atoms in total. The first-order valence-corrected chi connectivity index (χ1v) is 13.7. The summed E-state index contributed by atoms with van der Waals surface area (Å²) in [5.41, 5.74) is 0.981. The van der Waals surface area contributed by atoms with E-state index >= 15 is 0 Å². The smallest absolute Gasteiger partial charge is 0.337 e. The summed E-state index contributed by atoms with van der Waals surface area (Å²) in [5, 5.41) is 24.7. The third-order valence-electron chi connectivity index (χ3n) is 6.75. The number of aromatic nitrogens is 1. The third kappa shape index (κ3) is 7.23. The van der Waals surface area contributed by atoms with Gasteiger partial charge in [-0.2, -0.15) is 0 Å². The number of carboxylic acid groups (broad SMARTS) is 2. The monoisotopic (exact) mass is 612 g/mol. The minimum atomic E-state index is -1.30. The lowest BCUT2D eigenvalue weighted by atomic mass is 9.99. The van der Waals surface area contributed by atoms with E-state index in [1.807, 2.05) is 0 Å². The number of hydrogen-bond acceptors (Lipinski definition) is 6. The van der Waals surface area contributed by atoms with Crippen LogP contribution >= 0.6 is 23.2 Å². The van der Waals surface area contributed by atoms with Crippen molar-refractivity contribution in [1.29, 1.82) is 0 Å². The van der Waals surface area contributed by atoms with Gasteiger partial charge < -0.3 is 25.7 Å². The fourth-order valence-electron chi connectivity index (χ4n) is 4.62. The Kier molecular flexibility index (Phi) is 9.76. The summed E-state index contributed by atoms with van der Waals surface area (Å²) < 4.78 is 0. The van der Waals surface area contributed by atoms with E-state index in [2.05, 4.69) is 15.6 Å². The molecule has 0 radical (unpaired) electrons. The molecule has 1 aliphatic heterocycles. The molecule has 0 aliphatic carbocycles. The maximum atomic E-state index is 13.2. The highest BCUT2D eigenvalue weighted by Crippen LogP contribution is 2.26. The molecule has 1 aromatic heterocycles. The predicted molar refractivity (Wildman–Crippen MR) is 154 cm³/mol. The van der Waals surface area contributed by atoms with E-state index in [0.717, 1.165) is 6.20 Å². The molecular weight excluding hydrogens is 587 g/mol. The predicted octanol–water partition coefficient (Wildman–Crippen LogP) is 4.15. The average Bonchev–Trinajstić information content (AvgIpc) is 2.97. The number of carbonyl (C=O) groups excluding carboxylic acids is 3. The Morgan fingerprint density at radius 1 is 0.952 bits per heavy atom. The third-order valence-corrected chi connectivity index (χ3v) is 7.38. The SMILES string of the molecule is O=C(O)c1cncc(C(=O)N2CCCC[C@H]2C(=O)N[C@@H](Cc2ccc(NC(=O)c3c(Cl)cccc3Cl)cc2)C(=O)O)c1. The Hall–Kier alpha value is -4.48. The molecule has 3 aromatic rings. The zero-order valence-electron chi connectivity index (χ0n) is 22.0. The summed E-state index contributed by atoms with van der Waals surface area (Å²) in [4.78, 5) is 67.5. The van der Waals surface area contributed by atoms with Crippen LogP contribution in [0.4, 0.5) is 5.69 Å². The van der Waals surface area contributed by atoms with Crippen LogP contribution in [0.25, 0.3) is 0 Å². The molecular formula is C29H26Cl2N4O7. The topological polar surface area (TPSA) is 166 Å². The number of benzene rings is 2. The van der Waals surface area contributed by atoms with Gasteiger partial charge in [0.15, 0.2) is 0 Å². The number of aromatic carboxylic acids is 1. The van der Waals surface area contributed by atoms with Gasteiger partial charge in [0.1, 0.15) is 12.1 Å². The number of carbonyl (C=O) groups is 5. The van der Waals surface area contributed by atoms with Gasteiger partial charge in [-0.25, -0.2) is 9.59 Å².